The number of H-pyrrole nitrogens is 1. The van der Waals surface area contributed by atoms with Gasteiger partial charge in [0, 0.05) is 6.61 Å². The van der Waals surface area contributed by atoms with Crippen LogP contribution < -0.4 is 41.1 Å². The number of nitrogens with two attached hydrogens (primary N) is 1. The molecule has 0 saturated carbocycles. The Morgan fingerprint density at radius 1 is 1.45 bits per heavy atom. The molecule has 0 spiro atoms. The summed E-state index contributed by atoms with van der Waals surface area (Å²) in [4.78, 5) is 21.6. The van der Waals surface area contributed by atoms with Crippen molar-refractivity contribution in [3.63, 3.8) is 0 Å². The standard InChI is InChI=1S/C8H10N5O3.ClH.2H3N.Pt/c9-8-11-6-5(7(15)12-8)10-3-13(6)4-16-2-1-14;;;;/h3H,1-2,4H2,(H3,9,11,12,15);1H;2*1H3;/q-1;;;;+2/p-1. The molecule has 0 amide bonds. The fourth-order valence-corrected chi connectivity index (χ4v) is 1.29. The van der Waals surface area contributed by atoms with Crippen molar-refractivity contribution >= 4 is 17.1 Å². The first-order valence-corrected chi connectivity index (χ1v) is 4.59. The summed E-state index contributed by atoms with van der Waals surface area (Å²) in [5.74, 6) is 0.0167. The number of hydrogen-bond donors (Lipinski definition) is 4. The minimum atomic E-state index is -0.398. The average molecular weight is 489 g/mol. The number of imidazole rings is 1. The van der Waals surface area contributed by atoms with Gasteiger partial charge in [0.15, 0.2) is 11.2 Å². The maximum absolute atomic E-state index is 11.4. The van der Waals surface area contributed by atoms with Crippen molar-refractivity contribution in [3.8, 4) is 0 Å². The number of aromatic nitrogens is 4. The Labute approximate surface area is 135 Å². The quantitative estimate of drug-likeness (QED) is 0.309. The number of rotatable bonds is 4. The van der Waals surface area contributed by atoms with E-state index in [1.54, 1.807) is 0 Å². The van der Waals surface area contributed by atoms with Crippen LogP contribution in [0.25, 0.3) is 11.2 Å². The number of nitrogens with zero attached hydrogens (tertiary/aromatic N) is 3. The predicted octanol–water partition coefficient (Wildman–Crippen LogP) is -4.64. The molecule has 0 aliphatic rings. The van der Waals surface area contributed by atoms with Crippen molar-refractivity contribution in [2.24, 2.45) is 0 Å². The Morgan fingerprint density at radius 3 is 2.70 bits per heavy atom. The molecule has 20 heavy (non-hydrogen) atoms. The van der Waals surface area contributed by atoms with Gasteiger partial charge in [-0.05, 0) is 0 Å². The van der Waals surface area contributed by atoms with E-state index in [2.05, 4.69) is 15.0 Å². The van der Waals surface area contributed by atoms with E-state index in [0.717, 1.165) is 0 Å². The predicted molar refractivity (Wildman–Crippen MR) is 63.4 cm³/mol. The Hall–Kier alpha value is -1.03. The molecule has 2 heterocycles. The summed E-state index contributed by atoms with van der Waals surface area (Å²) in [6.07, 6.45) is 1.41. The van der Waals surface area contributed by atoms with Crippen LogP contribution >= 0.6 is 0 Å². The summed E-state index contributed by atoms with van der Waals surface area (Å²) in [6.45, 7) is -0.101. The zero-order valence-electron chi connectivity index (χ0n) is 10.5. The van der Waals surface area contributed by atoms with Gasteiger partial charge < -0.3 is 40.3 Å². The number of halogens is 1. The molecule has 0 bridgehead atoms. The van der Waals surface area contributed by atoms with Crippen LogP contribution in [0, 0.1) is 0 Å². The molecule has 0 aliphatic carbocycles. The number of nitrogen functional groups attached to an aromatic ring is 1. The van der Waals surface area contributed by atoms with Crippen molar-refractivity contribution in [1.29, 1.82) is 0 Å². The average Bonchev–Trinajstić information content (AvgIpc) is 2.62. The Morgan fingerprint density at radius 2 is 2.10 bits per heavy atom. The second-order valence-electron chi connectivity index (χ2n) is 3.08. The first-order valence-electron chi connectivity index (χ1n) is 4.59. The monoisotopic (exact) mass is 488 g/mol. The fraction of sp³-hybridized carbons (Fsp3) is 0.375. The third kappa shape index (κ3) is 5.16. The summed E-state index contributed by atoms with van der Waals surface area (Å²) in [7, 11) is 0. The van der Waals surface area contributed by atoms with Gasteiger partial charge in [-0.15, -0.1) is 6.61 Å². The molecule has 0 aromatic carbocycles. The molecule has 12 heteroatoms. The molecule has 0 aliphatic heterocycles. The normalized spacial score (nSPS) is 8.85. The zero-order valence-corrected chi connectivity index (χ0v) is 13.5. The maximum atomic E-state index is 11.4. The van der Waals surface area contributed by atoms with Crippen molar-refractivity contribution in [2.75, 3.05) is 18.9 Å². The van der Waals surface area contributed by atoms with Crippen molar-refractivity contribution in [3.05, 3.63) is 16.7 Å². The van der Waals surface area contributed by atoms with Crippen LogP contribution in [0.4, 0.5) is 5.95 Å². The number of anilines is 1. The first-order chi connectivity index (χ1) is 7.72. The van der Waals surface area contributed by atoms with Gasteiger partial charge in [0.05, 0.1) is 6.33 Å². The van der Waals surface area contributed by atoms with Gasteiger partial charge in [-0.25, -0.2) is 4.98 Å². The molecule has 0 atom stereocenters. The van der Waals surface area contributed by atoms with Crippen molar-refractivity contribution in [1.82, 2.24) is 31.8 Å². The molecule has 2 aromatic heterocycles. The van der Waals surface area contributed by atoms with E-state index < -0.39 is 5.56 Å². The van der Waals surface area contributed by atoms with Gasteiger partial charge >= 0.3 is 21.1 Å². The van der Waals surface area contributed by atoms with Crippen LogP contribution in [0.2, 0.25) is 0 Å². The topological polar surface area (TPSA) is 192 Å². The molecule has 2 rings (SSSR count). The van der Waals surface area contributed by atoms with Crippen molar-refractivity contribution < 1.29 is 43.3 Å². The van der Waals surface area contributed by atoms with E-state index in [1.165, 1.54) is 10.9 Å². The maximum Gasteiger partial charge on any atom is 2.00 e. The molecule has 0 saturated heterocycles. The Bertz CT molecular complexity index is 560. The Balaban J connectivity index is -0.000000722. The van der Waals surface area contributed by atoms with Crippen LogP contribution in [-0.2, 0) is 32.5 Å². The van der Waals surface area contributed by atoms with Crippen LogP contribution in [0.15, 0.2) is 11.1 Å². The van der Waals surface area contributed by atoms with Crippen LogP contribution in [-0.4, -0.2) is 32.7 Å². The number of hydrogen-bond acceptors (Lipinski definition) is 8. The van der Waals surface area contributed by atoms with Gasteiger partial charge in [0.2, 0.25) is 5.95 Å². The second-order valence-corrected chi connectivity index (χ2v) is 3.08. The molecular formula is C8H16ClN7O3Pt. The summed E-state index contributed by atoms with van der Waals surface area (Å²) >= 11 is 0. The minimum Gasteiger partial charge on any atom is -1.00 e. The molecule has 9 N–H and O–H groups in total. The number of aromatic amines is 1. The van der Waals surface area contributed by atoms with E-state index in [-0.39, 0.29) is 77.2 Å². The second kappa shape index (κ2) is 10.7. The molecule has 10 nitrogen and oxygen atoms in total. The van der Waals surface area contributed by atoms with E-state index in [9.17, 15) is 9.90 Å². The van der Waals surface area contributed by atoms with E-state index in [4.69, 9.17) is 10.5 Å². The minimum absolute atomic E-state index is 0. The summed E-state index contributed by atoms with van der Waals surface area (Å²) in [5, 5.41) is 10.2. The smallest absolute Gasteiger partial charge is 1.00 e. The largest absolute Gasteiger partial charge is 2.00 e. The summed E-state index contributed by atoms with van der Waals surface area (Å²) in [5.41, 5.74) is 5.55. The van der Waals surface area contributed by atoms with Gasteiger partial charge in [-0.2, -0.15) is 4.98 Å². The number of nitrogens with one attached hydrogen (secondary N) is 1. The number of ether oxygens (including phenoxy) is 1. The van der Waals surface area contributed by atoms with Gasteiger partial charge in [-0.1, -0.05) is 0 Å². The molecule has 2 aromatic rings. The molecule has 0 fully saturated rings. The molecule has 118 valence electrons. The SMILES string of the molecule is N.N.Nc1nc2c(ncn2COCC[O-])c(=O)[nH]1.[Cl-].[Pt+2]. The van der Waals surface area contributed by atoms with Crippen molar-refractivity contribution in [2.45, 2.75) is 6.73 Å². The zero-order chi connectivity index (χ0) is 11.5. The third-order valence-electron chi connectivity index (χ3n) is 1.95. The van der Waals surface area contributed by atoms with E-state index in [1.807, 2.05) is 0 Å². The van der Waals surface area contributed by atoms with Crippen LogP contribution in [0.1, 0.15) is 0 Å². The van der Waals surface area contributed by atoms with Crippen LogP contribution in [0.3, 0.4) is 0 Å². The number of fused-ring (bicyclic) bond motifs is 1. The van der Waals surface area contributed by atoms with E-state index >= 15 is 0 Å². The molecule has 0 unspecified atom stereocenters. The van der Waals surface area contributed by atoms with Gasteiger partial charge in [0.1, 0.15) is 6.73 Å². The van der Waals surface area contributed by atoms with Gasteiger partial charge in [0.25, 0.3) is 5.56 Å². The molecule has 0 radical (unpaired) electrons. The van der Waals surface area contributed by atoms with Crippen LogP contribution in [0.5, 0.6) is 0 Å². The summed E-state index contributed by atoms with van der Waals surface area (Å²) < 4.78 is 6.54. The Kier molecular flexibility index (Phi) is 12.9. The van der Waals surface area contributed by atoms with Gasteiger partial charge in [-0.3, -0.25) is 14.3 Å². The fourth-order valence-electron chi connectivity index (χ4n) is 1.29. The summed E-state index contributed by atoms with van der Waals surface area (Å²) in [6, 6.07) is 0. The third-order valence-corrected chi connectivity index (χ3v) is 1.95. The van der Waals surface area contributed by atoms with E-state index in [0.29, 0.717) is 5.65 Å². The molecular weight excluding hydrogens is 473 g/mol. The first kappa shape index (κ1) is 24.0.